The number of aryl methyl sites for hydroxylation is 1. The highest BCUT2D eigenvalue weighted by molar-refractivity contribution is 7.16. The maximum absolute atomic E-state index is 13.5. The molecule has 0 spiro atoms. The van der Waals surface area contributed by atoms with E-state index in [1.165, 1.54) is 12.1 Å². The first-order valence-corrected chi connectivity index (χ1v) is 6.45. The van der Waals surface area contributed by atoms with E-state index in [0.29, 0.717) is 17.2 Å². The van der Waals surface area contributed by atoms with E-state index in [1.54, 1.807) is 11.3 Å². The van der Waals surface area contributed by atoms with E-state index in [2.05, 4.69) is 10.3 Å². The minimum Gasteiger partial charge on any atom is -0.383 e. The number of hydrogen-bond donors (Lipinski definition) is 2. The number of aliphatic imine (C=N–C) groups is 1. The lowest BCUT2D eigenvalue weighted by Gasteiger charge is -2.06. The zero-order valence-corrected chi connectivity index (χ0v) is 11.0. The molecule has 6 heteroatoms. The van der Waals surface area contributed by atoms with Gasteiger partial charge in [-0.15, -0.1) is 11.3 Å². The first-order chi connectivity index (χ1) is 8.54. The molecule has 0 saturated carbocycles. The second kappa shape index (κ2) is 3.96. The molecular weight excluding hydrogens is 273 g/mol. The van der Waals surface area contributed by atoms with Gasteiger partial charge in [-0.05, 0) is 19.1 Å². The number of nitrogens with two attached hydrogens (primary N) is 1. The Hall–Kier alpha value is -1.59. The van der Waals surface area contributed by atoms with E-state index in [4.69, 9.17) is 17.3 Å². The first kappa shape index (κ1) is 11.5. The van der Waals surface area contributed by atoms with Gasteiger partial charge >= 0.3 is 0 Å². The van der Waals surface area contributed by atoms with Crippen molar-refractivity contribution in [3.05, 3.63) is 39.5 Å². The SMILES string of the molecule is Cc1cc2c(s1)Nc1cc(F)c(Cl)cc1N=C2N. The van der Waals surface area contributed by atoms with Gasteiger partial charge in [0.1, 0.15) is 16.7 Å². The van der Waals surface area contributed by atoms with Gasteiger partial charge in [0.25, 0.3) is 0 Å². The third-order valence-electron chi connectivity index (χ3n) is 2.66. The average molecular weight is 282 g/mol. The van der Waals surface area contributed by atoms with Gasteiger partial charge in [0.2, 0.25) is 0 Å². The molecule has 0 atom stereocenters. The third-order valence-corrected chi connectivity index (χ3v) is 3.91. The van der Waals surface area contributed by atoms with Crippen molar-refractivity contribution in [1.29, 1.82) is 0 Å². The molecule has 1 aromatic heterocycles. The van der Waals surface area contributed by atoms with Gasteiger partial charge in [0, 0.05) is 10.9 Å². The molecule has 0 aliphatic carbocycles. The molecule has 3 nitrogen and oxygen atoms in total. The second-order valence-corrected chi connectivity index (χ2v) is 5.67. The molecule has 0 saturated heterocycles. The molecule has 92 valence electrons. The van der Waals surface area contributed by atoms with Crippen LogP contribution in [0, 0.1) is 12.7 Å². The largest absolute Gasteiger partial charge is 0.383 e. The number of fused-ring (bicyclic) bond motifs is 2. The average Bonchev–Trinajstić information content (AvgIpc) is 2.61. The Balaban J connectivity index is 2.23. The second-order valence-electron chi connectivity index (χ2n) is 4.01. The van der Waals surface area contributed by atoms with E-state index in [1.807, 2.05) is 13.0 Å². The highest BCUT2D eigenvalue weighted by atomic mass is 35.5. The number of nitrogens with zero attached hydrogens (tertiary/aromatic N) is 1. The Kier molecular flexibility index (Phi) is 2.53. The summed E-state index contributed by atoms with van der Waals surface area (Å²) >= 11 is 7.30. The van der Waals surface area contributed by atoms with Crippen molar-refractivity contribution in [1.82, 2.24) is 0 Å². The van der Waals surface area contributed by atoms with Crippen molar-refractivity contribution in [2.75, 3.05) is 5.32 Å². The van der Waals surface area contributed by atoms with Crippen LogP contribution in [-0.4, -0.2) is 5.84 Å². The Morgan fingerprint density at radius 1 is 1.39 bits per heavy atom. The fraction of sp³-hybridized carbons (Fsp3) is 0.0833. The number of thiophene rings is 1. The van der Waals surface area contributed by atoms with Gasteiger partial charge in [0.15, 0.2) is 0 Å². The van der Waals surface area contributed by atoms with Crippen molar-refractivity contribution >= 4 is 45.1 Å². The van der Waals surface area contributed by atoms with Crippen LogP contribution in [0.15, 0.2) is 23.2 Å². The summed E-state index contributed by atoms with van der Waals surface area (Å²) in [5.41, 5.74) is 7.89. The number of amidine groups is 1. The maximum atomic E-state index is 13.5. The van der Waals surface area contributed by atoms with Crippen LogP contribution in [0.1, 0.15) is 10.4 Å². The number of anilines is 2. The Labute approximate surface area is 112 Å². The quantitative estimate of drug-likeness (QED) is 0.768. The molecule has 3 N–H and O–H groups in total. The highest BCUT2D eigenvalue weighted by Crippen LogP contribution is 2.39. The lowest BCUT2D eigenvalue weighted by Crippen LogP contribution is -2.11. The standard InChI is InChI=1S/C12H9ClFN3S/c1-5-2-6-11(15)16-9-3-7(13)8(14)4-10(9)17-12(6)18-5/h2-4,17H,1H3,(H2,15,16). The van der Waals surface area contributed by atoms with Crippen molar-refractivity contribution in [2.24, 2.45) is 10.7 Å². The molecular formula is C12H9ClFN3S. The molecule has 2 aromatic rings. The van der Waals surface area contributed by atoms with Crippen LogP contribution in [0.2, 0.25) is 5.02 Å². The summed E-state index contributed by atoms with van der Waals surface area (Å²) in [4.78, 5) is 5.40. The number of halogens is 2. The van der Waals surface area contributed by atoms with Crippen LogP contribution >= 0.6 is 22.9 Å². The molecule has 2 heterocycles. The van der Waals surface area contributed by atoms with E-state index in [9.17, 15) is 4.39 Å². The van der Waals surface area contributed by atoms with Gasteiger partial charge in [-0.25, -0.2) is 9.38 Å². The van der Waals surface area contributed by atoms with Crippen LogP contribution in [-0.2, 0) is 0 Å². The summed E-state index contributed by atoms with van der Waals surface area (Å²) in [6.07, 6.45) is 0. The lowest BCUT2D eigenvalue weighted by molar-refractivity contribution is 0.629. The number of nitrogens with one attached hydrogen (secondary N) is 1. The molecule has 1 aromatic carbocycles. The van der Waals surface area contributed by atoms with E-state index in [0.717, 1.165) is 15.4 Å². The fourth-order valence-corrected chi connectivity index (χ4v) is 2.93. The summed E-state index contributed by atoms with van der Waals surface area (Å²) in [6.45, 7) is 1.98. The summed E-state index contributed by atoms with van der Waals surface area (Å²) in [6, 6.07) is 4.75. The van der Waals surface area contributed by atoms with Crippen molar-refractivity contribution in [3.63, 3.8) is 0 Å². The molecule has 3 rings (SSSR count). The third kappa shape index (κ3) is 1.76. The Morgan fingerprint density at radius 2 is 2.17 bits per heavy atom. The van der Waals surface area contributed by atoms with Crippen LogP contribution in [0.5, 0.6) is 0 Å². The zero-order valence-electron chi connectivity index (χ0n) is 9.42. The Bertz CT molecular complexity index is 678. The minimum absolute atomic E-state index is 0.0357. The van der Waals surface area contributed by atoms with E-state index < -0.39 is 5.82 Å². The highest BCUT2D eigenvalue weighted by Gasteiger charge is 2.18. The van der Waals surface area contributed by atoms with Gasteiger partial charge in [-0.3, -0.25) is 0 Å². The molecule has 0 unspecified atom stereocenters. The van der Waals surface area contributed by atoms with Crippen LogP contribution in [0.25, 0.3) is 0 Å². The van der Waals surface area contributed by atoms with Crippen LogP contribution in [0.3, 0.4) is 0 Å². The predicted octanol–water partition coefficient (Wildman–Crippen LogP) is 3.94. The predicted molar refractivity (Wildman–Crippen MR) is 74.1 cm³/mol. The minimum atomic E-state index is -0.478. The van der Waals surface area contributed by atoms with Crippen molar-refractivity contribution in [2.45, 2.75) is 6.92 Å². The summed E-state index contributed by atoms with van der Waals surface area (Å²) in [7, 11) is 0. The van der Waals surface area contributed by atoms with Crippen LogP contribution < -0.4 is 11.1 Å². The number of benzene rings is 1. The zero-order chi connectivity index (χ0) is 12.9. The normalized spacial score (nSPS) is 13.2. The molecule has 1 aliphatic heterocycles. The summed E-state index contributed by atoms with van der Waals surface area (Å²) in [5.74, 6) is -0.0725. The van der Waals surface area contributed by atoms with E-state index in [-0.39, 0.29) is 5.02 Å². The molecule has 0 radical (unpaired) electrons. The van der Waals surface area contributed by atoms with Gasteiger partial charge < -0.3 is 11.1 Å². The molecule has 0 fully saturated rings. The summed E-state index contributed by atoms with van der Waals surface area (Å²) < 4.78 is 13.5. The molecule has 0 amide bonds. The maximum Gasteiger partial charge on any atom is 0.144 e. The van der Waals surface area contributed by atoms with Crippen molar-refractivity contribution < 1.29 is 4.39 Å². The first-order valence-electron chi connectivity index (χ1n) is 5.25. The van der Waals surface area contributed by atoms with Gasteiger partial charge in [-0.1, -0.05) is 11.6 Å². The fourth-order valence-electron chi connectivity index (χ4n) is 1.84. The van der Waals surface area contributed by atoms with E-state index >= 15 is 0 Å². The van der Waals surface area contributed by atoms with Crippen LogP contribution in [0.4, 0.5) is 20.8 Å². The lowest BCUT2D eigenvalue weighted by atomic mass is 10.2. The van der Waals surface area contributed by atoms with Gasteiger partial charge in [-0.2, -0.15) is 0 Å². The number of hydrogen-bond acceptors (Lipinski definition) is 4. The topological polar surface area (TPSA) is 50.4 Å². The summed E-state index contributed by atoms with van der Waals surface area (Å²) in [5, 5.41) is 4.05. The monoisotopic (exact) mass is 281 g/mol. The van der Waals surface area contributed by atoms with Crippen molar-refractivity contribution in [3.8, 4) is 0 Å². The molecule has 1 aliphatic rings. The molecule has 18 heavy (non-hydrogen) atoms. The number of rotatable bonds is 0. The Morgan fingerprint density at radius 3 is 2.94 bits per heavy atom. The smallest absolute Gasteiger partial charge is 0.144 e. The molecule has 0 bridgehead atoms. The van der Waals surface area contributed by atoms with Gasteiger partial charge in [0.05, 0.1) is 22.0 Å².